The fourth-order valence-electron chi connectivity index (χ4n) is 1.96. The molecular weight excluding hydrogens is 256 g/mol. The molecule has 0 saturated carbocycles. The van der Waals surface area contributed by atoms with E-state index >= 15 is 0 Å². The minimum Gasteiger partial charge on any atom is -0.383 e. The Hall–Kier alpha value is -0.660. The molecule has 0 aromatic carbocycles. The lowest BCUT2D eigenvalue weighted by Gasteiger charge is -2.23. The molecule has 1 aliphatic heterocycles. The van der Waals surface area contributed by atoms with Gasteiger partial charge in [0, 0.05) is 39.7 Å². The molecule has 6 nitrogen and oxygen atoms in total. The van der Waals surface area contributed by atoms with Crippen LogP contribution in [-0.2, 0) is 19.4 Å². The van der Waals surface area contributed by atoms with Crippen LogP contribution in [0.3, 0.4) is 0 Å². The zero-order chi connectivity index (χ0) is 13.6. The predicted molar refractivity (Wildman–Crippen MR) is 69.2 cm³/mol. The van der Waals surface area contributed by atoms with E-state index in [0.717, 1.165) is 0 Å². The van der Waals surface area contributed by atoms with E-state index in [9.17, 15) is 13.2 Å². The Morgan fingerprint density at radius 2 is 2.17 bits per heavy atom. The standard InChI is InChI=1S/C11H22N2O4S/c1-13(10-4-8-18(15,16)9-10)11(14)3-5-12-6-7-17-2/h10,12H,3-9H2,1-2H3. The van der Waals surface area contributed by atoms with Gasteiger partial charge in [-0.3, -0.25) is 4.79 Å². The molecule has 1 heterocycles. The summed E-state index contributed by atoms with van der Waals surface area (Å²) in [5.41, 5.74) is 0. The van der Waals surface area contributed by atoms with Gasteiger partial charge in [0.15, 0.2) is 9.84 Å². The third kappa shape index (κ3) is 4.91. The third-order valence-electron chi connectivity index (χ3n) is 3.15. The van der Waals surface area contributed by atoms with Gasteiger partial charge in [0.1, 0.15) is 0 Å². The molecule has 0 aromatic rings. The van der Waals surface area contributed by atoms with Crippen LogP contribution in [0.5, 0.6) is 0 Å². The molecule has 0 bridgehead atoms. The molecule has 1 unspecified atom stereocenters. The van der Waals surface area contributed by atoms with Crippen molar-refractivity contribution in [3.63, 3.8) is 0 Å². The van der Waals surface area contributed by atoms with E-state index in [4.69, 9.17) is 4.74 Å². The molecule has 1 rings (SSSR count). The second-order valence-electron chi connectivity index (χ2n) is 4.55. The topological polar surface area (TPSA) is 75.7 Å². The molecule has 1 aliphatic rings. The van der Waals surface area contributed by atoms with Crippen LogP contribution >= 0.6 is 0 Å². The number of sulfone groups is 1. The van der Waals surface area contributed by atoms with Crippen LogP contribution in [0.25, 0.3) is 0 Å². The van der Waals surface area contributed by atoms with Gasteiger partial charge in [0.25, 0.3) is 0 Å². The van der Waals surface area contributed by atoms with Crippen molar-refractivity contribution in [3.8, 4) is 0 Å². The predicted octanol–water partition coefficient (Wildman–Crippen LogP) is -0.742. The number of methoxy groups -OCH3 is 1. The summed E-state index contributed by atoms with van der Waals surface area (Å²) < 4.78 is 27.5. The van der Waals surface area contributed by atoms with Gasteiger partial charge >= 0.3 is 0 Å². The second kappa shape index (κ2) is 7.06. The third-order valence-corrected chi connectivity index (χ3v) is 4.90. The smallest absolute Gasteiger partial charge is 0.223 e. The summed E-state index contributed by atoms with van der Waals surface area (Å²) in [5.74, 6) is 0.287. The molecule has 1 amide bonds. The van der Waals surface area contributed by atoms with Crippen molar-refractivity contribution >= 4 is 15.7 Å². The SMILES string of the molecule is COCCNCCC(=O)N(C)C1CCS(=O)(=O)C1. The van der Waals surface area contributed by atoms with E-state index in [0.29, 0.717) is 32.5 Å². The van der Waals surface area contributed by atoms with Gasteiger partial charge in [-0.2, -0.15) is 0 Å². The van der Waals surface area contributed by atoms with E-state index < -0.39 is 9.84 Å². The zero-order valence-corrected chi connectivity index (χ0v) is 11.8. The number of ether oxygens (including phenoxy) is 1. The Balaban J connectivity index is 2.25. The highest BCUT2D eigenvalue weighted by Gasteiger charge is 2.32. The largest absolute Gasteiger partial charge is 0.383 e. The molecule has 18 heavy (non-hydrogen) atoms. The summed E-state index contributed by atoms with van der Waals surface area (Å²) in [6.07, 6.45) is 0.943. The van der Waals surface area contributed by atoms with Crippen LogP contribution in [-0.4, -0.2) is 70.6 Å². The fraction of sp³-hybridized carbons (Fsp3) is 0.909. The van der Waals surface area contributed by atoms with E-state index in [2.05, 4.69) is 5.32 Å². The average molecular weight is 278 g/mol. The number of carbonyl (C=O) groups is 1. The molecular formula is C11H22N2O4S. The maximum Gasteiger partial charge on any atom is 0.223 e. The minimum atomic E-state index is -2.93. The summed E-state index contributed by atoms with van der Waals surface area (Å²) >= 11 is 0. The maximum atomic E-state index is 11.8. The van der Waals surface area contributed by atoms with Gasteiger partial charge in [0.2, 0.25) is 5.91 Å². The quantitative estimate of drug-likeness (QED) is 0.621. The van der Waals surface area contributed by atoms with Crippen LogP contribution in [0.15, 0.2) is 0 Å². The number of hydrogen-bond acceptors (Lipinski definition) is 5. The average Bonchev–Trinajstić information content (AvgIpc) is 2.68. The molecule has 0 aliphatic carbocycles. The Morgan fingerprint density at radius 1 is 1.44 bits per heavy atom. The second-order valence-corrected chi connectivity index (χ2v) is 6.78. The first kappa shape index (κ1) is 15.4. The van der Waals surface area contributed by atoms with E-state index in [-0.39, 0.29) is 23.5 Å². The van der Waals surface area contributed by atoms with Crippen LogP contribution < -0.4 is 5.32 Å². The van der Waals surface area contributed by atoms with Gasteiger partial charge in [-0.25, -0.2) is 8.42 Å². The Bertz CT molecular complexity index is 369. The fourth-order valence-corrected chi connectivity index (χ4v) is 3.73. The number of carbonyl (C=O) groups excluding carboxylic acids is 1. The van der Waals surface area contributed by atoms with Gasteiger partial charge < -0.3 is 15.0 Å². The molecule has 1 saturated heterocycles. The first-order valence-electron chi connectivity index (χ1n) is 6.12. The lowest BCUT2D eigenvalue weighted by Crippen LogP contribution is -2.39. The van der Waals surface area contributed by atoms with Crippen LogP contribution in [0.4, 0.5) is 0 Å². The molecule has 1 atom stereocenters. The van der Waals surface area contributed by atoms with E-state index in [1.54, 1.807) is 19.1 Å². The van der Waals surface area contributed by atoms with E-state index in [1.165, 1.54) is 0 Å². The van der Waals surface area contributed by atoms with Crippen molar-refractivity contribution in [1.29, 1.82) is 0 Å². The zero-order valence-electron chi connectivity index (χ0n) is 11.0. The van der Waals surface area contributed by atoms with Gasteiger partial charge in [-0.15, -0.1) is 0 Å². The number of hydrogen-bond donors (Lipinski definition) is 1. The molecule has 1 fully saturated rings. The van der Waals surface area contributed by atoms with Crippen molar-refractivity contribution in [2.45, 2.75) is 18.9 Å². The first-order valence-corrected chi connectivity index (χ1v) is 7.94. The Labute approximate surface area is 109 Å². The van der Waals surface area contributed by atoms with Crippen molar-refractivity contribution in [3.05, 3.63) is 0 Å². The van der Waals surface area contributed by atoms with Crippen molar-refractivity contribution < 1.29 is 17.9 Å². The lowest BCUT2D eigenvalue weighted by atomic mass is 10.2. The van der Waals surface area contributed by atoms with Gasteiger partial charge in [0.05, 0.1) is 18.1 Å². The minimum absolute atomic E-state index is 0.0120. The highest BCUT2D eigenvalue weighted by atomic mass is 32.2. The first-order chi connectivity index (χ1) is 8.46. The van der Waals surface area contributed by atoms with Crippen LogP contribution in [0.2, 0.25) is 0 Å². The Morgan fingerprint density at radius 3 is 2.72 bits per heavy atom. The summed E-state index contributed by atoms with van der Waals surface area (Å²) in [6, 6.07) is -0.151. The molecule has 0 spiro atoms. The molecule has 0 aromatic heterocycles. The Kier molecular flexibility index (Phi) is 6.04. The monoisotopic (exact) mass is 278 g/mol. The summed E-state index contributed by atoms with van der Waals surface area (Å²) in [7, 11) is 0.377. The van der Waals surface area contributed by atoms with Gasteiger partial charge in [-0.1, -0.05) is 0 Å². The number of amides is 1. The molecule has 0 radical (unpaired) electrons. The van der Waals surface area contributed by atoms with Crippen molar-refractivity contribution in [2.75, 3.05) is 45.4 Å². The summed E-state index contributed by atoms with van der Waals surface area (Å²) in [6.45, 7) is 1.92. The molecule has 7 heteroatoms. The van der Waals surface area contributed by atoms with E-state index in [1.807, 2.05) is 0 Å². The van der Waals surface area contributed by atoms with Crippen molar-refractivity contribution in [2.24, 2.45) is 0 Å². The summed E-state index contributed by atoms with van der Waals surface area (Å²) in [5, 5.41) is 3.09. The number of nitrogens with one attached hydrogen (secondary N) is 1. The highest BCUT2D eigenvalue weighted by molar-refractivity contribution is 7.91. The maximum absolute atomic E-state index is 11.8. The van der Waals surface area contributed by atoms with Crippen LogP contribution in [0, 0.1) is 0 Å². The molecule has 106 valence electrons. The summed E-state index contributed by atoms with van der Waals surface area (Å²) in [4.78, 5) is 13.4. The van der Waals surface area contributed by atoms with Gasteiger partial charge in [-0.05, 0) is 6.42 Å². The normalized spacial score (nSPS) is 22.0. The lowest BCUT2D eigenvalue weighted by molar-refractivity contribution is -0.131. The van der Waals surface area contributed by atoms with Crippen molar-refractivity contribution in [1.82, 2.24) is 10.2 Å². The highest BCUT2D eigenvalue weighted by Crippen LogP contribution is 2.16. The number of rotatable bonds is 7. The van der Waals surface area contributed by atoms with Crippen LogP contribution in [0.1, 0.15) is 12.8 Å². The molecule has 1 N–H and O–H groups in total. The number of nitrogens with zero attached hydrogens (tertiary/aromatic N) is 1.